The molecule has 6 N–H and O–H groups in total. The third-order valence-corrected chi connectivity index (χ3v) is 4.76. The van der Waals surface area contributed by atoms with Crippen LogP contribution in [0.25, 0.3) is 11.3 Å². The summed E-state index contributed by atoms with van der Waals surface area (Å²) in [5.74, 6) is 0.701. The van der Waals surface area contributed by atoms with E-state index < -0.39 is 5.91 Å². The standard InChI is InChI=1S/C19H26N6OS.CHN/c1-4-5-6-14(17(20)26)18(22-2)24-16-11-15(23-19(21)25-16)12-7-9-13(27-3)10-8-12;1-2/h7-11,22H,4-6H2,1-3H3,(H2,20,26)(H3,21,23,24,25);1H/b18-14-;. The number of nitrogens with zero attached hydrogens (tertiary/aromatic N) is 3. The average Bonchev–Trinajstić information content (AvgIpc) is 2.74. The number of hydrogen-bond acceptors (Lipinski definition) is 8. The van der Waals surface area contributed by atoms with Crippen LogP contribution >= 0.6 is 11.8 Å². The van der Waals surface area contributed by atoms with Crippen LogP contribution < -0.4 is 22.1 Å². The van der Waals surface area contributed by atoms with E-state index in [9.17, 15) is 4.79 Å². The maximum atomic E-state index is 11.8. The summed E-state index contributed by atoms with van der Waals surface area (Å²) in [6, 6.07) is 9.82. The lowest BCUT2D eigenvalue weighted by molar-refractivity contribution is -0.114. The smallest absolute Gasteiger partial charge is 0.248 e. The summed E-state index contributed by atoms with van der Waals surface area (Å²) in [4.78, 5) is 21.5. The van der Waals surface area contributed by atoms with Crippen molar-refractivity contribution in [2.75, 3.05) is 24.4 Å². The minimum atomic E-state index is -0.463. The van der Waals surface area contributed by atoms with Gasteiger partial charge >= 0.3 is 0 Å². The predicted molar refractivity (Wildman–Crippen MR) is 119 cm³/mol. The highest BCUT2D eigenvalue weighted by molar-refractivity contribution is 7.98. The fraction of sp³-hybridized carbons (Fsp3) is 0.300. The van der Waals surface area contributed by atoms with Gasteiger partial charge in [-0.3, -0.25) is 4.79 Å². The van der Waals surface area contributed by atoms with Gasteiger partial charge in [0.15, 0.2) is 0 Å². The van der Waals surface area contributed by atoms with Crippen LogP contribution in [0.15, 0.2) is 46.6 Å². The number of rotatable bonds is 9. The van der Waals surface area contributed by atoms with Crippen molar-refractivity contribution < 1.29 is 4.79 Å². The number of unbranched alkanes of at least 4 members (excludes halogenated alkanes) is 1. The molecule has 154 valence electrons. The number of amides is 1. The highest BCUT2D eigenvalue weighted by Gasteiger charge is 2.13. The number of nitriles is 1. The minimum absolute atomic E-state index is 0.147. The molecule has 8 nitrogen and oxygen atoms in total. The van der Waals surface area contributed by atoms with Crippen molar-refractivity contribution in [1.29, 1.82) is 5.26 Å². The molecule has 9 heteroatoms. The third kappa shape index (κ3) is 7.01. The summed E-state index contributed by atoms with van der Waals surface area (Å²) in [7, 11) is 1.73. The van der Waals surface area contributed by atoms with Gasteiger partial charge < -0.3 is 22.1 Å². The van der Waals surface area contributed by atoms with Gasteiger partial charge in [0.25, 0.3) is 0 Å². The minimum Gasteiger partial charge on any atom is -0.374 e. The van der Waals surface area contributed by atoms with Gasteiger partial charge in [-0.2, -0.15) is 4.98 Å². The number of nitrogens with two attached hydrogens (primary N) is 2. The Morgan fingerprint density at radius 3 is 2.41 bits per heavy atom. The van der Waals surface area contributed by atoms with Crippen molar-refractivity contribution in [2.45, 2.75) is 31.1 Å². The Bertz CT molecular complexity index is 863. The molecule has 0 aliphatic heterocycles. The van der Waals surface area contributed by atoms with E-state index in [1.54, 1.807) is 24.9 Å². The molecule has 29 heavy (non-hydrogen) atoms. The first-order valence-electron chi connectivity index (χ1n) is 9.01. The van der Waals surface area contributed by atoms with Gasteiger partial charge in [0.1, 0.15) is 11.6 Å². The van der Waals surface area contributed by atoms with Gasteiger partial charge in [0.05, 0.1) is 11.3 Å². The van der Waals surface area contributed by atoms with E-state index in [0.717, 1.165) is 18.4 Å². The van der Waals surface area contributed by atoms with Gasteiger partial charge in [0, 0.05) is 30.1 Å². The molecule has 0 aliphatic carbocycles. The predicted octanol–water partition coefficient (Wildman–Crippen LogP) is 3.11. The van der Waals surface area contributed by atoms with E-state index in [0.29, 0.717) is 29.3 Å². The molecule has 0 bridgehead atoms. The lowest BCUT2D eigenvalue weighted by Crippen LogP contribution is -2.25. The van der Waals surface area contributed by atoms with Gasteiger partial charge in [-0.1, -0.05) is 25.5 Å². The first-order valence-corrected chi connectivity index (χ1v) is 10.2. The van der Waals surface area contributed by atoms with E-state index in [2.05, 4.69) is 34.1 Å². The third-order valence-electron chi connectivity index (χ3n) is 4.01. The molecule has 0 spiro atoms. The van der Waals surface area contributed by atoms with Crippen molar-refractivity contribution in [3.63, 3.8) is 0 Å². The van der Waals surface area contributed by atoms with E-state index in [1.165, 1.54) is 4.90 Å². The Labute approximate surface area is 175 Å². The lowest BCUT2D eigenvalue weighted by atomic mass is 10.1. The number of aromatic nitrogens is 2. The Hall–Kier alpha value is -3.25. The Kier molecular flexibility index (Phi) is 10.1. The molecule has 1 aromatic carbocycles. The number of carbonyl (C=O) groups is 1. The van der Waals surface area contributed by atoms with Crippen molar-refractivity contribution in [2.24, 2.45) is 5.73 Å². The van der Waals surface area contributed by atoms with Gasteiger partial charge in [-0.15, -0.1) is 11.8 Å². The molecule has 0 atom stereocenters. The van der Waals surface area contributed by atoms with Crippen LogP contribution in [0, 0.1) is 11.8 Å². The maximum Gasteiger partial charge on any atom is 0.248 e. The zero-order chi connectivity index (χ0) is 21.8. The molecule has 1 aromatic heterocycles. The number of nitrogens with one attached hydrogen (secondary N) is 2. The molecule has 0 aliphatic rings. The van der Waals surface area contributed by atoms with Crippen LogP contribution in [0.4, 0.5) is 11.8 Å². The maximum absolute atomic E-state index is 11.8. The van der Waals surface area contributed by atoms with E-state index in [1.807, 2.05) is 30.5 Å². The van der Waals surface area contributed by atoms with Crippen LogP contribution in [-0.4, -0.2) is 29.2 Å². The van der Waals surface area contributed by atoms with Crippen molar-refractivity contribution in [1.82, 2.24) is 15.3 Å². The van der Waals surface area contributed by atoms with Crippen LogP contribution in [0.5, 0.6) is 0 Å². The van der Waals surface area contributed by atoms with E-state index in [4.69, 9.17) is 16.7 Å². The molecule has 0 fully saturated rings. The number of nitrogen functional groups attached to an aromatic ring is 1. The number of primary amides is 1. The highest BCUT2D eigenvalue weighted by Crippen LogP contribution is 2.24. The largest absolute Gasteiger partial charge is 0.374 e. The molecular formula is C20H27N7OS. The summed E-state index contributed by atoms with van der Waals surface area (Å²) < 4.78 is 0. The molecule has 2 aromatic rings. The van der Waals surface area contributed by atoms with Gasteiger partial charge in [-0.05, 0) is 31.2 Å². The quantitative estimate of drug-likeness (QED) is 0.363. The monoisotopic (exact) mass is 413 g/mol. The van der Waals surface area contributed by atoms with Crippen molar-refractivity contribution >= 4 is 29.4 Å². The Balaban J connectivity index is 0.00000204. The fourth-order valence-electron chi connectivity index (χ4n) is 2.58. The second-order valence-electron chi connectivity index (χ2n) is 5.92. The summed E-state index contributed by atoms with van der Waals surface area (Å²) >= 11 is 1.67. The Morgan fingerprint density at radius 1 is 1.24 bits per heavy atom. The number of thioether (sulfide) groups is 1. The normalized spacial score (nSPS) is 10.9. The number of hydrogen-bond donors (Lipinski definition) is 4. The number of carbonyl (C=O) groups excluding carboxylic acids is 1. The van der Waals surface area contributed by atoms with Crippen LogP contribution in [0.1, 0.15) is 26.2 Å². The second kappa shape index (κ2) is 12.3. The molecule has 0 saturated heterocycles. The molecule has 0 unspecified atom stereocenters. The zero-order valence-electron chi connectivity index (χ0n) is 16.9. The molecule has 0 radical (unpaired) electrons. The Morgan fingerprint density at radius 2 is 1.90 bits per heavy atom. The molecular weight excluding hydrogens is 386 g/mol. The van der Waals surface area contributed by atoms with Crippen LogP contribution in [0.3, 0.4) is 0 Å². The summed E-state index contributed by atoms with van der Waals surface area (Å²) in [5.41, 5.74) is 13.6. The molecule has 1 amide bonds. The lowest BCUT2D eigenvalue weighted by Gasteiger charge is -2.15. The number of anilines is 2. The molecule has 0 saturated carbocycles. The zero-order valence-corrected chi connectivity index (χ0v) is 17.7. The number of benzene rings is 1. The summed E-state index contributed by atoms with van der Waals surface area (Å²) in [6.45, 7) is 5.56. The highest BCUT2D eigenvalue weighted by atomic mass is 32.2. The van der Waals surface area contributed by atoms with Crippen LogP contribution in [-0.2, 0) is 4.79 Å². The molecule has 1 heterocycles. The van der Waals surface area contributed by atoms with Crippen LogP contribution in [0.2, 0.25) is 0 Å². The molecule has 2 rings (SSSR count). The summed E-state index contributed by atoms with van der Waals surface area (Å²) in [5, 5.41) is 12.6. The van der Waals surface area contributed by atoms with Gasteiger partial charge in [0.2, 0.25) is 11.9 Å². The van der Waals surface area contributed by atoms with Gasteiger partial charge in [-0.25, -0.2) is 10.2 Å². The first-order chi connectivity index (χ1) is 14.0. The topological polar surface area (TPSA) is 143 Å². The summed E-state index contributed by atoms with van der Waals surface area (Å²) in [6.07, 6.45) is 4.44. The first kappa shape index (κ1) is 23.8. The second-order valence-corrected chi connectivity index (χ2v) is 6.80. The van der Waals surface area contributed by atoms with Crippen molar-refractivity contribution in [3.8, 4) is 17.8 Å². The SMILES string of the molecule is C#N.CCCC/C(C(N)=O)=C(\NC)Nc1cc(-c2ccc(SC)cc2)nc(N)n1. The fourth-order valence-corrected chi connectivity index (χ4v) is 2.99. The van der Waals surface area contributed by atoms with E-state index in [-0.39, 0.29) is 5.95 Å². The van der Waals surface area contributed by atoms with E-state index >= 15 is 0 Å². The van der Waals surface area contributed by atoms with Crippen molar-refractivity contribution in [3.05, 3.63) is 41.7 Å². The average molecular weight is 414 g/mol.